The van der Waals surface area contributed by atoms with Gasteiger partial charge in [0.1, 0.15) is 0 Å². The van der Waals surface area contributed by atoms with Crippen LogP contribution < -0.4 is 10.2 Å². The Morgan fingerprint density at radius 2 is 1.83 bits per heavy atom. The van der Waals surface area contributed by atoms with Crippen LogP contribution in [0.5, 0.6) is 0 Å². The minimum absolute atomic E-state index is 0.215. The van der Waals surface area contributed by atoms with E-state index in [0.29, 0.717) is 18.3 Å². The van der Waals surface area contributed by atoms with Crippen LogP contribution in [0.25, 0.3) is 16.6 Å². The van der Waals surface area contributed by atoms with Gasteiger partial charge in [-0.1, -0.05) is 45.0 Å². The second kappa shape index (κ2) is 10.9. The molecule has 0 spiro atoms. The lowest BCUT2D eigenvalue weighted by Gasteiger charge is -2.36. The molecule has 36 heavy (non-hydrogen) atoms. The Labute approximate surface area is 216 Å². The first-order valence-corrected chi connectivity index (χ1v) is 15.7. The Morgan fingerprint density at radius 3 is 2.53 bits per heavy atom. The average molecular weight is 502 g/mol. The molecule has 7 heteroatoms. The normalized spacial score (nSPS) is 15.8. The fraction of sp³-hybridized carbons (Fsp3) is 0.414. The topological polar surface area (TPSA) is 74.1 Å². The summed E-state index contributed by atoms with van der Waals surface area (Å²) in [5, 5.41) is 11.6. The number of fused-ring (bicyclic) bond motifs is 1. The van der Waals surface area contributed by atoms with Crippen molar-refractivity contribution in [1.82, 2.24) is 15.3 Å². The molecule has 0 aliphatic carbocycles. The van der Waals surface area contributed by atoms with Gasteiger partial charge in [-0.3, -0.25) is 4.98 Å². The van der Waals surface area contributed by atoms with E-state index in [-0.39, 0.29) is 5.04 Å². The van der Waals surface area contributed by atoms with Crippen LogP contribution in [0.4, 0.5) is 5.69 Å². The molecule has 1 saturated heterocycles. The number of aromatic nitrogens is 2. The van der Waals surface area contributed by atoms with Crippen LogP contribution in [0.2, 0.25) is 18.1 Å². The molecule has 0 atom stereocenters. The van der Waals surface area contributed by atoms with Gasteiger partial charge in [-0.25, -0.2) is 4.98 Å². The van der Waals surface area contributed by atoms with Crippen molar-refractivity contribution in [3.63, 3.8) is 0 Å². The molecule has 190 valence electrons. The first-order valence-electron chi connectivity index (χ1n) is 12.8. The van der Waals surface area contributed by atoms with Gasteiger partial charge in [0.15, 0.2) is 8.32 Å². The van der Waals surface area contributed by atoms with Gasteiger partial charge >= 0.3 is 0 Å². The summed E-state index contributed by atoms with van der Waals surface area (Å²) in [5.41, 5.74) is 5.67. The molecule has 4 rings (SSSR count). The van der Waals surface area contributed by atoms with Crippen molar-refractivity contribution in [3.8, 4) is 0 Å². The minimum atomic E-state index is -1.77. The van der Waals surface area contributed by atoms with Crippen LogP contribution in [-0.2, 0) is 11.0 Å². The van der Waals surface area contributed by atoms with Gasteiger partial charge in [-0.05, 0) is 60.8 Å². The molecule has 1 aliphatic heterocycles. The van der Waals surface area contributed by atoms with Gasteiger partial charge < -0.3 is 20.1 Å². The number of piperidine rings is 1. The molecule has 2 N–H and O–H groups in total. The highest BCUT2D eigenvalue weighted by Crippen LogP contribution is 2.37. The van der Waals surface area contributed by atoms with E-state index in [1.54, 1.807) is 6.20 Å². The van der Waals surface area contributed by atoms with Crippen molar-refractivity contribution < 1.29 is 4.43 Å². The Balaban J connectivity index is 1.34. The molecular weight excluding hydrogens is 462 g/mol. The molecule has 3 aromatic rings. The van der Waals surface area contributed by atoms with E-state index in [2.05, 4.69) is 78.3 Å². The molecule has 0 saturated carbocycles. The SMILES string of the molecule is CC(C)(C)[Si](C)(C)OCc1cccc(N2CCC(N/C=C(\C=N)c3cnc4ccccc4n3)CC2)c1. The first-order chi connectivity index (χ1) is 17.2. The Kier molecular flexibility index (Phi) is 7.90. The van der Waals surface area contributed by atoms with Crippen LogP contribution in [-0.4, -0.2) is 43.6 Å². The predicted octanol–water partition coefficient (Wildman–Crippen LogP) is 6.40. The lowest BCUT2D eigenvalue weighted by molar-refractivity contribution is 0.276. The Bertz CT molecular complexity index is 1230. The molecular formula is C29H39N5OSi. The van der Waals surface area contributed by atoms with Crippen molar-refractivity contribution in [2.75, 3.05) is 18.0 Å². The summed E-state index contributed by atoms with van der Waals surface area (Å²) in [6.07, 6.45) is 7.08. The molecule has 0 unspecified atom stereocenters. The summed E-state index contributed by atoms with van der Waals surface area (Å²) in [6.45, 7) is 14.1. The maximum Gasteiger partial charge on any atom is 0.192 e. The van der Waals surface area contributed by atoms with E-state index in [1.165, 1.54) is 17.5 Å². The van der Waals surface area contributed by atoms with Gasteiger partial charge in [0.05, 0.1) is 29.5 Å². The molecule has 2 heterocycles. The molecule has 0 amide bonds. The van der Waals surface area contributed by atoms with Crippen LogP contribution in [0, 0.1) is 5.41 Å². The fourth-order valence-corrected chi connectivity index (χ4v) is 5.08. The number of anilines is 1. The number of benzene rings is 2. The summed E-state index contributed by atoms with van der Waals surface area (Å²) in [4.78, 5) is 11.6. The highest BCUT2D eigenvalue weighted by atomic mass is 28.4. The first kappa shape index (κ1) is 26.0. The van der Waals surface area contributed by atoms with Crippen LogP contribution >= 0.6 is 0 Å². The van der Waals surface area contributed by atoms with Crippen LogP contribution in [0.15, 0.2) is 60.9 Å². The van der Waals surface area contributed by atoms with Crippen molar-refractivity contribution in [2.24, 2.45) is 0 Å². The molecule has 0 radical (unpaired) electrons. The van der Waals surface area contributed by atoms with E-state index in [0.717, 1.165) is 42.5 Å². The number of nitrogens with one attached hydrogen (secondary N) is 2. The number of rotatable bonds is 8. The van der Waals surface area contributed by atoms with Gasteiger partial charge in [-0.2, -0.15) is 0 Å². The predicted molar refractivity (Wildman–Crippen MR) is 153 cm³/mol. The zero-order chi connectivity index (χ0) is 25.8. The Morgan fingerprint density at radius 1 is 1.11 bits per heavy atom. The second-order valence-corrected chi connectivity index (χ2v) is 15.9. The molecule has 1 aromatic heterocycles. The molecule has 1 aliphatic rings. The quantitative estimate of drug-likeness (QED) is 0.276. The third kappa shape index (κ3) is 6.20. The highest BCUT2D eigenvalue weighted by molar-refractivity contribution is 6.74. The van der Waals surface area contributed by atoms with Crippen LogP contribution in [0.1, 0.15) is 44.9 Å². The monoisotopic (exact) mass is 501 g/mol. The maximum absolute atomic E-state index is 7.88. The summed E-state index contributed by atoms with van der Waals surface area (Å²) >= 11 is 0. The number of para-hydroxylation sites is 2. The summed E-state index contributed by atoms with van der Waals surface area (Å²) in [6, 6.07) is 17.0. The van der Waals surface area contributed by atoms with Gasteiger partial charge in [0.2, 0.25) is 0 Å². The highest BCUT2D eigenvalue weighted by Gasteiger charge is 2.37. The van der Waals surface area contributed by atoms with E-state index in [1.807, 2.05) is 30.5 Å². The average Bonchev–Trinajstić information content (AvgIpc) is 2.88. The van der Waals surface area contributed by atoms with Crippen molar-refractivity contribution >= 4 is 36.8 Å². The summed E-state index contributed by atoms with van der Waals surface area (Å²) in [7, 11) is -1.77. The number of allylic oxidation sites excluding steroid dienone is 1. The lowest BCUT2D eigenvalue weighted by Crippen LogP contribution is -2.41. The fourth-order valence-electron chi connectivity index (χ4n) is 4.12. The minimum Gasteiger partial charge on any atom is -0.413 e. The molecule has 0 bridgehead atoms. The second-order valence-electron chi connectivity index (χ2n) is 11.1. The Hall–Kier alpha value is -3.03. The number of hydrogen-bond donors (Lipinski definition) is 2. The maximum atomic E-state index is 7.88. The standard InChI is InChI=1S/C29H39N5OSi/c1-29(2,3)36(4,5)35-21-22-9-8-10-25(17-22)34-15-13-24(14-16-34)31-19-23(18-30)28-20-32-26-11-6-7-12-27(26)33-28/h6-12,17-20,24,30-31H,13-16,21H2,1-5H3/b23-19+,30-18?. The van der Waals surface area contributed by atoms with E-state index in [4.69, 9.17) is 9.84 Å². The smallest absolute Gasteiger partial charge is 0.192 e. The van der Waals surface area contributed by atoms with E-state index < -0.39 is 8.32 Å². The van der Waals surface area contributed by atoms with Crippen molar-refractivity contribution in [2.45, 2.75) is 64.4 Å². The summed E-state index contributed by atoms with van der Waals surface area (Å²) in [5.74, 6) is 0. The van der Waals surface area contributed by atoms with Gasteiger partial charge in [-0.15, -0.1) is 0 Å². The van der Waals surface area contributed by atoms with Gasteiger partial charge in [0.25, 0.3) is 0 Å². The molecule has 6 nitrogen and oxygen atoms in total. The number of nitrogens with zero attached hydrogens (tertiary/aromatic N) is 3. The summed E-state index contributed by atoms with van der Waals surface area (Å²) < 4.78 is 6.44. The zero-order valence-electron chi connectivity index (χ0n) is 22.2. The van der Waals surface area contributed by atoms with Crippen LogP contribution in [0.3, 0.4) is 0 Å². The van der Waals surface area contributed by atoms with E-state index in [9.17, 15) is 0 Å². The molecule has 1 fully saturated rings. The van der Waals surface area contributed by atoms with E-state index >= 15 is 0 Å². The third-order valence-electron chi connectivity index (χ3n) is 7.55. The number of hydrogen-bond acceptors (Lipinski definition) is 6. The lowest BCUT2D eigenvalue weighted by atomic mass is 10.0. The van der Waals surface area contributed by atoms with Crippen molar-refractivity contribution in [1.29, 1.82) is 5.41 Å². The third-order valence-corrected chi connectivity index (χ3v) is 12.0. The largest absolute Gasteiger partial charge is 0.413 e. The van der Waals surface area contributed by atoms with Crippen molar-refractivity contribution in [3.05, 3.63) is 72.2 Å². The van der Waals surface area contributed by atoms with Gasteiger partial charge in [0, 0.05) is 42.8 Å². The molecule has 2 aromatic carbocycles. The zero-order valence-corrected chi connectivity index (χ0v) is 23.2.